The molecule has 1 aliphatic rings. The Bertz CT molecular complexity index is 883. The van der Waals surface area contributed by atoms with E-state index in [0.29, 0.717) is 11.4 Å². The van der Waals surface area contributed by atoms with Gasteiger partial charge in [0.15, 0.2) is 0 Å². The Morgan fingerprint density at radius 3 is 2.68 bits per heavy atom. The summed E-state index contributed by atoms with van der Waals surface area (Å²) >= 11 is 3.09. The second kappa shape index (κ2) is 6.69. The maximum atomic E-state index is 13.1. The zero-order valence-corrected chi connectivity index (χ0v) is 15.4. The number of carbonyl (C=O) groups excluding carboxylic acids is 1. The van der Waals surface area contributed by atoms with Gasteiger partial charge in [-0.3, -0.25) is 4.79 Å². The van der Waals surface area contributed by atoms with Crippen molar-refractivity contribution in [3.05, 3.63) is 63.7 Å². The highest BCUT2D eigenvalue weighted by Gasteiger charge is 2.34. The fourth-order valence-corrected chi connectivity index (χ4v) is 4.59. The summed E-state index contributed by atoms with van der Waals surface area (Å²) in [6.07, 6.45) is 2.06. The van der Waals surface area contributed by atoms with Crippen LogP contribution in [-0.2, 0) is 6.54 Å². The van der Waals surface area contributed by atoms with Gasteiger partial charge in [0.2, 0.25) is 0 Å². The van der Waals surface area contributed by atoms with Gasteiger partial charge in [0.25, 0.3) is 5.91 Å². The molecule has 0 N–H and O–H groups in total. The van der Waals surface area contributed by atoms with Crippen molar-refractivity contribution in [2.45, 2.75) is 32.4 Å². The van der Waals surface area contributed by atoms with Gasteiger partial charge in [-0.1, -0.05) is 18.2 Å². The zero-order chi connectivity index (χ0) is 17.4. The van der Waals surface area contributed by atoms with Crippen LogP contribution >= 0.6 is 22.7 Å². The summed E-state index contributed by atoms with van der Waals surface area (Å²) in [5.74, 6) is -0.225. The predicted octanol–water partition coefficient (Wildman–Crippen LogP) is 5.12. The number of benzene rings is 1. The molecule has 3 nitrogen and oxygen atoms in total. The van der Waals surface area contributed by atoms with Crippen LogP contribution in [0.3, 0.4) is 0 Å². The number of hydrogen-bond donors (Lipinski definition) is 0. The number of rotatable bonds is 5. The second-order valence-corrected chi connectivity index (χ2v) is 8.15. The monoisotopic (exact) mass is 372 g/mol. The SMILES string of the molecule is Cc1nc(-c2cccs2)sc1C(=O)N(Cc1ccc(F)cc1)C1CC1. The number of thiazole rings is 1. The van der Waals surface area contributed by atoms with Crippen molar-refractivity contribution >= 4 is 28.6 Å². The largest absolute Gasteiger partial charge is 0.331 e. The van der Waals surface area contributed by atoms with Crippen molar-refractivity contribution in [3.8, 4) is 9.88 Å². The smallest absolute Gasteiger partial charge is 0.266 e. The molecule has 1 aromatic carbocycles. The van der Waals surface area contributed by atoms with Crippen molar-refractivity contribution in [1.82, 2.24) is 9.88 Å². The molecule has 2 heterocycles. The molecule has 1 saturated carbocycles. The summed E-state index contributed by atoms with van der Waals surface area (Å²) in [6, 6.07) is 10.7. The summed E-state index contributed by atoms with van der Waals surface area (Å²) in [7, 11) is 0. The van der Waals surface area contributed by atoms with Crippen LogP contribution < -0.4 is 0 Å². The van der Waals surface area contributed by atoms with Gasteiger partial charge in [-0.15, -0.1) is 22.7 Å². The minimum absolute atomic E-state index is 0.0321. The number of hydrogen-bond acceptors (Lipinski definition) is 4. The highest BCUT2D eigenvalue weighted by atomic mass is 32.1. The van der Waals surface area contributed by atoms with Crippen molar-refractivity contribution in [2.75, 3.05) is 0 Å². The van der Waals surface area contributed by atoms with Crippen LogP contribution in [0.1, 0.15) is 33.8 Å². The first-order valence-electron chi connectivity index (χ1n) is 8.18. The molecule has 25 heavy (non-hydrogen) atoms. The maximum absolute atomic E-state index is 13.1. The Kier molecular flexibility index (Phi) is 4.39. The van der Waals surface area contributed by atoms with Crippen LogP contribution in [0.25, 0.3) is 9.88 Å². The molecule has 6 heteroatoms. The van der Waals surface area contributed by atoms with E-state index in [2.05, 4.69) is 4.98 Å². The van der Waals surface area contributed by atoms with E-state index in [1.807, 2.05) is 29.3 Å². The van der Waals surface area contributed by atoms with Crippen LogP contribution in [-0.4, -0.2) is 21.8 Å². The summed E-state index contributed by atoms with van der Waals surface area (Å²) < 4.78 is 13.1. The fraction of sp³-hybridized carbons (Fsp3) is 0.263. The van der Waals surface area contributed by atoms with Crippen molar-refractivity contribution < 1.29 is 9.18 Å². The van der Waals surface area contributed by atoms with Gasteiger partial charge in [0.05, 0.1) is 10.6 Å². The van der Waals surface area contributed by atoms with E-state index in [9.17, 15) is 9.18 Å². The number of carbonyl (C=O) groups is 1. The maximum Gasteiger partial charge on any atom is 0.266 e. The number of thiophene rings is 1. The average Bonchev–Trinajstić information content (AvgIpc) is 3.14. The van der Waals surface area contributed by atoms with Crippen molar-refractivity contribution in [3.63, 3.8) is 0 Å². The lowest BCUT2D eigenvalue weighted by atomic mass is 10.2. The van der Waals surface area contributed by atoms with E-state index >= 15 is 0 Å². The third-order valence-electron chi connectivity index (χ3n) is 4.24. The Morgan fingerprint density at radius 1 is 1.28 bits per heavy atom. The van der Waals surface area contributed by atoms with Crippen molar-refractivity contribution in [2.24, 2.45) is 0 Å². The molecule has 2 aromatic heterocycles. The number of nitrogens with zero attached hydrogens (tertiary/aromatic N) is 2. The molecule has 1 amide bonds. The van der Waals surface area contributed by atoms with Crippen LogP contribution in [0.2, 0.25) is 0 Å². The molecule has 0 bridgehead atoms. The molecule has 128 valence electrons. The van der Waals surface area contributed by atoms with Crippen LogP contribution in [0.4, 0.5) is 4.39 Å². The van der Waals surface area contributed by atoms with E-state index in [0.717, 1.165) is 34.0 Å². The molecule has 0 radical (unpaired) electrons. The van der Waals surface area contributed by atoms with Crippen LogP contribution in [0, 0.1) is 12.7 Å². The molecule has 0 aliphatic heterocycles. The Labute approximate surface area is 153 Å². The third-order valence-corrected chi connectivity index (χ3v) is 6.42. The number of amides is 1. The van der Waals surface area contributed by atoms with Gasteiger partial charge >= 0.3 is 0 Å². The fourth-order valence-electron chi connectivity index (χ4n) is 2.77. The minimum Gasteiger partial charge on any atom is -0.331 e. The lowest BCUT2D eigenvalue weighted by Gasteiger charge is -2.22. The van der Waals surface area contributed by atoms with Crippen LogP contribution in [0.15, 0.2) is 41.8 Å². The Hall–Kier alpha value is -2.05. The molecule has 4 rings (SSSR count). The Morgan fingerprint density at radius 2 is 2.04 bits per heavy atom. The molecule has 1 fully saturated rings. The van der Waals surface area contributed by atoms with Crippen molar-refractivity contribution in [1.29, 1.82) is 0 Å². The van der Waals surface area contributed by atoms with Gasteiger partial charge in [0.1, 0.15) is 15.7 Å². The first-order valence-corrected chi connectivity index (χ1v) is 9.88. The Balaban J connectivity index is 1.60. The summed E-state index contributed by atoms with van der Waals surface area (Å²) in [6.45, 7) is 2.40. The minimum atomic E-state index is -0.257. The molecule has 0 atom stereocenters. The molecule has 1 aliphatic carbocycles. The number of halogens is 1. The molecule has 3 aromatic rings. The normalized spacial score (nSPS) is 13.8. The average molecular weight is 372 g/mol. The lowest BCUT2D eigenvalue weighted by Crippen LogP contribution is -2.32. The zero-order valence-electron chi connectivity index (χ0n) is 13.7. The van der Waals surface area contributed by atoms with Gasteiger partial charge in [0, 0.05) is 12.6 Å². The highest BCUT2D eigenvalue weighted by molar-refractivity contribution is 7.22. The summed E-state index contributed by atoms with van der Waals surface area (Å²) in [4.78, 5) is 21.4. The van der Waals surface area contributed by atoms with E-state index in [4.69, 9.17) is 0 Å². The van der Waals surface area contributed by atoms with Gasteiger partial charge < -0.3 is 4.90 Å². The van der Waals surface area contributed by atoms with Gasteiger partial charge in [-0.25, -0.2) is 9.37 Å². The summed E-state index contributed by atoms with van der Waals surface area (Å²) in [5, 5.41) is 2.91. The molecule has 0 unspecified atom stereocenters. The summed E-state index contributed by atoms with van der Waals surface area (Å²) in [5.41, 5.74) is 1.73. The van der Waals surface area contributed by atoms with E-state index in [1.54, 1.807) is 23.5 Å². The first kappa shape index (κ1) is 16.4. The molecule has 0 saturated heterocycles. The number of aryl methyl sites for hydroxylation is 1. The standard InChI is InChI=1S/C19H17FN2OS2/c1-12-17(25-18(21-12)16-3-2-10-24-16)19(23)22(15-8-9-15)11-13-4-6-14(20)7-5-13/h2-7,10,15H,8-9,11H2,1H3. The third kappa shape index (κ3) is 3.50. The quantitative estimate of drug-likeness (QED) is 0.622. The topological polar surface area (TPSA) is 33.2 Å². The highest BCUT2D eigenvalue weighted by Crippen LogP contribution is 2.35. The van der Waals surface area contributed by atoms with E-state index < -0.39 is 0 Å². The van der Waals surface area contributed by atoms with E-state index in [-0.39, 0.29) is 17.8 Å². The molecule has 0 spiro atoms. The first-order chi connectivity index (χ1) is 12.1. The lowest BCUT2D eigenvalue weighted by molar-refractivity contribution is 0.0734. The predicted molar refractivity (Wildman–Crippen MR) is 99.5 cm³/mol. The molecular weight excluding hydrogens is 355 g/mol. The number of aromatic nitrogens is 1. The van der Waals surface area contributed by atoms with Gasteiger partial charge in [-0.2, -0.15) is 0 Å². The van der Waals surface area contributed by atoms with Crippen LogP contribution in [0.5, 0.6) is 0 Å². The second-order valence-electron chi connectivity index (χ2n) is 6.20. The van der Waals surface area contributed by atoms with Gasteiger partial charge in [-0.05, 0) is 48.9 Å². The molecular formula is C19H17FN2OS2. The van der Waals surface area contributed by atoms with E-state index in [1.165, 1.54) is 23.5 Å².